The fourth-order valence-corrected chi connectivity index (χ4v) is 5.17. The predicted molar refractivity (Wildman–Crippen MR) is 149 cm³/mol. The van der Waals surface area contributed by atoms with E-state index >= 15 is 0 Å². The molecule has 38 heavy (non-hydrogen) atoms. The highest BCUT2D eigenvalue weighted by Gasteiger charge is 2.30. The molecule has 2 heterocycles. The molecular weight excluding hydrogens is 485 g/mol. The number of hydrogen-bond donors (Lipinski definition) is 1. The van der Waals surface area contributed by atoms with E-state index in [-0.39, 0.29) is 0 Å². The molecule has 0 radical (unpaired) electrons. The number of alkyl halides is 3. The molecular formula is C31H33F3N4. The van der Waals surface area contributed by atoms with Crippen LogP contribution in [0.5, 0.6) is 0 Å². The number of nitrogens with zero attached hydrogens (tertiary/aromatic N) is 3. The molecule has 1 unspecified atom stereocenters. The Morgan fingerprint density at radius 2 is 1.61 bits per heavy atom. The van der Waals surface area contributed by atoms with Crippen molar-refractivity contribution in [3.8, 4) is 0 Å². The maximum absolute atomic E-state index is 13.1. The fourth-order valence-electron chi connectivity index (χ4n) is 5.17. The molecule has 1 aromatic heterocycles. The highest BCUT2D eigenvalue weighted by Crippen LogP contribution is 2.33. The minimum absolute atomic E-state index is 0.292. The van der Waals surface area contributed by atoms with E-state index in [1.54, 1.807) is 6.07 Å². The van der Waals surface area contributed by atoms with Crippen LogP contribution in [-0.4, -0.2) is 36.1 Å². The first kappa shape index (κ1) is 26.0. The van der Waals surface area contributed by atoms with Gasteiger partial charge in [0.15, 0.2) is 0 Å². The molecule has 1 saturated heterocycles. The second-order valence-electron chi connectivity index (χ2n) is 9.95. The molecule has 198 valence electrons. The molecule has 0 bridgehead atoms. The summed E-state index contributed by atoms with van der Waals surface area (Å²) in [6.07, 6.45) is -0.569. The Bertz CT molecular complexity index is 1360. The largest absolute Gasteiger partial charge is 0.416 e. The molecule has 3 aromatic carbocycles. The third-order valence-electron chi connectivity index (χ3n) is 7.44. The quantitative estimate of drug-likeness (QED) is 0.270. The van der Waals surface area contributed by atoms with Crippen molar-refractivity contribution in [3.05, 3.63) is 95.7 Å². The van der Waals surface area contributed by atoms with Crippen LogP contribution in [0.4, 0.5) is 30.2 Å². The second kappa shape index (κ2) is 11.0. The number of aryl methyl sites for hydroxylation is 1. The molecule has 0 spiro atoms. The number of benzene rings is 3. The number of pyridine rings is 1. The maximum atomic E-state index is 13.1. The maximum Gasteiger partial charge on any atom is 0.416 e. The van der Waals surface area contributed by atoms with Gasteiger partial charge in [-0.1, -0.05) is 43.7 Å². The van der Waals surface area contributed by atoms with Crippen LogP contribution in [0.1, 0.15) is 43.0 Å². The first-order valence-corrected chi connectivity index (χ1v) is 13.2. The number of fused-ring (bicyclic) bond motifs is 1. The molecule has 1 aliphatic heterocycles. The summed E-state index contributed by atoms with van der Waals surface area (Å²) >= 11 is 0. The Kier molecular flexibility index (Phi) is 7.56. The normalized spacial score (nSPS) is 15.6. The van der Waals surface area contributed by atoms with Crippen molar-refractivity contribution in [1.29, 1.82) is 0 Å². The van der Waals surface area contributed by atoms with E-state index in [1.807, 2.05) is 12.1 Å². The summed E-state index contributed by atoms with van der Waals surface area (Å²) in [7, 11) is 0. The zero-order valence-corrected chi connectivity index (χ0v) is 21.8. The van der Waals surface area contributed by atoms with E-state index < -0.39 is 11.7 Å². The van der Waals surface area contributed by atoms with Crippen LogP contribution in [-0.2, 0) is 12.6 Å². The molecule has 0 saturated carbocycles. The van der Waals surface area contributed by atoms with Crippen LogP contribution in [0.2, 0.25) is 0 Å². The Hall–Kier alpha value is -3.58. The van der Waals surface area contributed by atoms with Crippen molar-refractivity contribution >= 4 is 28.0 Å². The van der Waals surface area contributed by atoms with Gasteiger partial charge >= 0.3 is 6.18 Å². The van der Waals surface area contributed by atoms with Gasteiger partial charge in [0.1, 0.15) is 0 Å². The zero-order chi connectivity index (χ0) is 26.7. The number of halogens is 3. The lowest BCUT2D eigenvalue weighted by atomic mass is 10.0. The summed E-state index contributed by atoms with van der Waals surface area (Å²) in [4.78, 5) is 9.11. The number of hydrogen-bond acceptors (Lipinski definition) is 4. The van der Waals surface area contributed by atoms with Gasteiger partial charge in [-0.05, 0) is 66.9 Å². The molecule has 1 atom stereocenters. The molecule has 1 aliphatic rings. The van der Waals surface area contributed by atoms with Crippen molar-refractivity contribution in [1.82, 2.24) is 9.88 Å². The summed E-state index contributed by atoms with van der Waals surface area (Å²) in [5, 5.41) is 3.99. The summed E-state index contributed by atoms with van der Waals surface area (Å²) in [6.45, 7) is 8.46. The average Bonchev–Trinajstić information content (AvgIpc) is 2.93. The molecule has 4 aromatic rings. The molecule has 7 heteroatoms. The number of anilines is 3. The van der Waals surface area contributed by atoms with Crippen LogP contribution in [0.3, 0.4) is 0 Å². The van der Waals surface area contributed by atoms with Gasteiger partial charge < -0.3 is 10.2 Å². The lowest BCUT2D eigenvalue weighted by Crippen LogP contribution is -2.47. The van der Waals surface area contributed by atoms with E-state index in [0.29, 0.717) is 16.9 Å². The number of rotatable bonds is 7. The Morgan fingerprint density at radius 1 is 0.895 bits per heavy atom. The third-order valence-corrected chi connectivity index (χ3v) is 7.44. The lowest BCUT2D eigenvalue weighted by Gasteiger charge is -2.39. The van der Waals surface area contributed by atoms with Crippen LogP contribution in [0.15, 0.2) is 79.0 Å². The van der Waals surface area contributed by atoms with E-state index in [1.165, 1.54) is 35.5 Å². The lowest BCUT2D eigenvalue weighted by molar-refractivity contribution is -0.137. The smallest absolute Gasteiger partial charge is 0.369 e. The second-order valence-corrected chi connectivity index (χ2v) is 9.95. The van der Waals surface area contributed by atoms with Gasteiger partial charge in [-0.2, -0.15) is 13.2 Å². The van der Waals surface area contributed by atoms with E-state index in [2.05, 4.69) is 70.3 Å². The van der Waals surface area contributed by atoms with Crippen LogP contribution >= 0.6 is 0 Å². The standard InChI is InChI=1S/C31H33F3N4/c1-3-4-23-5-12-27(13-6-23)38-19-17-37(18-20-38)22(2)24-7-10-26(11-8-24)36-29-15-16-35-30-21-25(31(32,33)34)9-14-28(29)30/h5-16,21-22H,3-4,17-20H2,1-2H3,(H,35,36). The summed E-state index contributed by atoms with van der Waals surface area (Å²) in [6, 6.07) is 23.0. The van der Waals surface area contributed by atoms with Crippen LogP contribution < -0.4 is 10.2 Å². The van der Waals surface area contributed by atoms with Gasteiger partial charge in [-0.15, -0.1) is 0 Å². The predicted octanol–water partition coefficient (Wildman–Crippen LogP) is 7.83. The first-order chi connectivity index (χ1) is 18.3. The summed E-state index contributed by atoms with van der Waals surface area (Å²) in [5.74, 6) is 0. The molecule has 4 nitrogen and oxygen atoms in total. The Balaban J connectivity index is 1.21. The number of piperazine rings is 1. The minimum atomic E-state index is -4.39. The highest BCUT2D eigenvalue weighted by molar-refractivity contribution is 5.93. The van der Waals surface area contributed by atoms with Crippen molar-refractivity contribution in [2.75, 3.05) is 36.4 Å². The summed E-state index contributed by atoms with van der Waals surface area (Å²) < 4.78 is 39.3. The third kappa shape index (κ3) is 5.78. The summed E-state index contributed by atoms with van der Waals surface area (Å²) in [5.41, 5.74) is 5.15. The molecule has 1 N–H and O–H groups in total. The van der Waals surface area contributed by atoms with Gasteiger partial charge in [-0.3, -0.25) is 9.88 Å². The van der Waals surface area contributed by atoms with Crippen molar-refractivity contribution in [3.63, 3.8) is 0 Å². The van der Waals surface area contributed by atoms with Crippen LogP contribution in [0.25, 0.3) is 10.9 Å². The van der Waals surface area contributed by atoms with Crippen LogP contribution in [0, 0.1) is 0 Å². The Morgan fingerprint density at radius 3 is 2.26 bits per heavy atom. The molecule has 5 rings (SSSR count). The molecule has 0 aliphatic carbocycles. The Labute approximate surface area is 222 Å². The minimum Gasteiger partial charge on any atom is -0.369 e. The van der Waals surface area contributed by atoms with Gasteiger partial charge in [0.25, 0.3) is 0 Å². The van der Waals surface area contributed by atoms with Crippen molar-refractivity contribution in [2.45, 2.75) is 38.9 Å². The molecule has 1 fully saturated rings. The monoisotopic (exact) mass is 518 g/mol. The van der Waals surface area contributed by atoms with Gasteiger partial charge in [-0.25, -0.2) is 0 Å². The van der Waals surface area contributed by atoms with Gasteiger partial charge in [0.2, 0.25) is 0 Å². The topological polar surface area (TPSA) is 31.4 Å². The SMILES string of the molecule is CCCc1ccc(N2CCN(C(C)c3ccc(Nc4ccnc5cc(C(F)(F)F)ccc45)cc3)CC2)cc1. The number of nitrogens with one attached hydrogen (secondary N) is 1. The van der Waals surface area contributed by atoms with E-state index in [4.69, 9.17) is 0 Å². The van der Waals surface area contributed by atoms with E-state index in [9.17, 15) is 13.2 Å². The van der Waals surface area contributed by atoms with Gasteiger partial charge in [0.05, 0.1) is 11.1 Å². The highest BCUT2D eigenvalue weighted by atomic mass is 19.4. The fraction of sp³-hybridized carbons (Fsp3) is 0.323. The zero-order valence-electron chi connectivity index (χ0n) is 21.8. The molecule has 0 amide bonds. The average molecular weight is 519 g/mol. The first-order valence-electron chi connectivity index (χ1n) is 13.2. The van der Waals surface area contributed by atoms with Gasteiger partial charge in [0, 0.05) is 60.9 Å². The number of aromatic nitrogens is 1. The van der Waals surface area contributed by atoms with Crippen molar-refractivity contribution in [2.24, 2.45) is 0 Å². The van der Waals surface area contributed by atoms with Crippen molar-refractivity contribution < 1.29 is 13.2 Å². The van der Waals surface area contributed by atoms with E-state index in [0.717, 1.165) is 56.1 Å².